The number of carbonyl (C=O) groups excluding carboxylic acids is 5. The highest BCUT2D eigenvalue weighted by molar-refractivity contribution is 5.68. The smallest absolute Gasteiger partial charge is 0.303 e. The lowest BCUT2D eigenvalue weighted by molar-refractivity contribution is -0.329. The largest absolute Gasteiger partial charge is 0.463 e. The van der Waals surface area contributed by atoms with E-state index in [1.807, 2.05) is 0 Å². The van der Waals surface area contributed by atoms with Crippen LogP contribution >= 0.6 is 0 Å². The molecule has 0 aliphatic carbocycles. The highest BCUT2D eigenvalue weighted by Gasteiger charge is 2.52. The Labute approximate surface area is 216 Å². The van der Waals surface area contributed by atoms with Crippen molar-refractivity contribution < 1.29 is 77.2 Å². The van der Waals surface area contributed by atoms with Gasteiger partial charge in [-0.2, -0.15) is 0 Å². The molecule has 2 rings (SSSR count). The van der Waals surface area contributed by atoms with Crippen molar-refractivity contribution in [3.63, 3.8) is 0 Å². The molecular weight excluding hydrogens is 520 g/mol. The van der Waals surface area contributed by atoms with E-state index in [1.165, 1.54) is 0 Å². The Hall–Kier alpha value is -2.89. The van der Waals surface area contributed by atoms with Crippen molar-refractivity contribution in [2.75, 3.05) is 13.2 Å². The van der Waals surface area contributed by atoms with E-state index in [0.717, 1.165) is 34.6 Å². The molecule has 3 N–H and O–H groups in total. The van der Waals surface area contributed by atoms with Gasteiger partial charge in [0.05, 0.1) is 6.61 Å². The van der Waals surface area contributed by atoms with Crippen LogP contribution in [0.2, 0.25) is 0 Å². The first-order valence-corrected chi connectivity index (χ1v) is 11.5. The zero-order valence-electron chi connectivity index (χ0n) is 21.3. The lowest BCUT2D eigenvalue weighted by atomic mass is 9.97. The van der Waals surface area contributed by atoms with Crippen molar-refractivity contribution in [2.45, 2.75) is 96.0 Å². The predicted molar refractivity (Wildman–Crippen MR) is 116 cm³/mol. The molecule has 0 aromatic heterocycles. The number of hydrogen-bond donors (Lipinski definition) is 3. The molecule has 0 saturated carbocycles. The minimum atomic E-state index is -1.85. The van der Waals surface area contributed by atoms with Crippen LogP contribution in [-0.4, -0.2) is 120 Å². The average Bonchev–Trinajstić information content (AvgIpc) is 2.79. The van der Waals surface area contributed by atoms with E-state index >= 15 is 0 Å². The average molecular weight is 552 g/mol. The Kier molecular flexibility index (Phi) is 11.4. The van der Waals surface area contributed by atoms with Gasteiger partial charge in [-0.05, 0) is 0 Å². The highest BCUT2D eigenvalue weighted by atomic mass is 16.7. The maximum absolute atomic E-state index is 11.7. The number of rotatable bonds is 9. The van der Waals surface area contributed by atoms with Crippen molar-refractivity contribution >= 4 is 29.8 Å². The molecule has 2 aliphatic rings. The first-order chi connectivity index (χ1) is 17.7. The Bertz CT molecular complexity index is 873. The van der Waals surface area contributed by atoms with E-state index in [-0.39, 0.29) is 0 Å². The van der Waals surface area contributed by atoms with Crippen LogP contribution in [0.3, 0.4) is 0 Å². The fourth-order valence-electron chi connectivity index (χ4n) is 3.91. The van der Waals surface area contributed by atoms with Crippen LogP contribution < -0.4 is 0 Å². The van der Waals surface area contributed by atoms with Crippen LogP contribution in [0.25, 0.3) is 0 Å². The molecule has 0 radical (unpaired) electrons. The summed E-state index contributed by atoms with van der Waals surface area (Å²) in [6.45, 7) is 4.23. The number of carbonyl (C=O) groups is 5. The molecule has 10 atom stereocenters. The van der Waals surface area contributed by atoms with E-state index < -0.39 is 104 Å². The summed E-state index contributed by atoms with van der Waals surface area (Å²) in [6, 6.07) is 0. The number of hydrogen-bond acceptors (Lipinski definition) is 16. The summed E-state index contributed by atoms with van der Waals surface area (Å²) in [5, 5.41) is 31.7. The standard InChI is InChI=1S/C22H32O16/c1-8(23)31-6-14-18(34-10(3)25)16(29)20(36-12(5)27)22(38-14)32-7-13-17(33-9(2)24)15(28)19(21(30)37-13)35-11(4)26/h13-22,28-30H,6-7H2,1-5H3/t13?,14?,15?,16?,17-,18-,19?,20?,21-,22-/m1/s1. The molecule has 16 nitrogen and oxygen atoms in total. The summed E-state index contributed by atoms with van der Waals surface area (Å²) in [6.07, 6.45) is -15.6. The van der Waals surface area contributed by atoms with Crippen molar-refractivity contribution in [1.82, 2.24) is 0 Å². The second kappa shape index (κ2) is 13.8. The first kappa shape index (κ1) is 31.3. The van der Waals surface area contributed by atoms with Gasteiger partial charge in [0.1, 0.15) is 31.0 Å². The van der Waals surface area contributed by atoms with Gasteiger partial charge in [0, 0.05) is 34.6 Å². The molecule has 16 heteroatoms. The zero-order valence-corrected chi connectivity index (χ0v) is 21.3. The van der Waals surface area contributed by atoms with Gasteiger partial charge in [0.25, 0.3) is 0 Å². The summed E-state index contributed by atoms with van der Waals surface area (Å²) in [4.78, 5) is 57.6. The fraction of sp³-hybridized carbons (Fsp3) is 0.773. The minimum absolute atomic E-state index is 0.478. The molecule has 2 heterocycles. The maximum Gasteiger partial charge on any atom is 0.303 e. The van der Waals surface area contributed by atoms with Crippen LogP contribution in [0, 0.1) is 0 Å². The second-order valence-corrected chi connectivity index (χ2v) is 8.52. The molecule has 0 spiro atoms. The first-order valence-electron chi connectivity index (χ1n) is 11.5. The van der Waals surface area contributed by atoms with Gasteiger partial charge < -0.3 is 53.2 Å². The topological polar surface area (TPSA) is 220 Å². The number of ether oxygens (including phenoxy) is 8. The number of esters is 5. The third kappa shape index (κ3) is 8.57. The summed E-state index contributed by atoms with van der Waals surface area (Å²) in [5.41, 5.74) is 0. The SMILES string of the molecule is CC(=O)OCC1O[C@@H](OCC2O[C@@H](O)C(OC(C)=O)C(O)[C@@H]2OC(C)=O)C(OC(C)=O)C(O)[C@@H]1OC(C)=O. The predicted octanol–water partition coefficient (Wildman–Crippen LogP) is -2.54. The third-order valence-corrected chi connectivity index (χ3v) is 5.34. The molecular formula is C22H32O16. The van der Waals surface area contributed by atoms with Gasteiger partial charge in [0.15, 0.2) is 37.0 Å². The molecule has 2 aliphatic heterocycles. The van der Waals surface area contributed by atoms with Crippen molar-refractivity contribution in [3.8, 4) is 0 Å². The van der Waals surface area contributed by atoms with Crippen LogP contribution in [0.4, 0.5) is 0 Å². The van der Waals surface area contributed by atoms with Gasteiger partial charge in [-0.25, -0.2) is 0 Å². The molecule has 2 fully saturated rings. The van der Waals surface area contributed by atoms with Gasteiger partial charge >= 0.3 is 29.8 Å². The van der Waals surface area contributed by atoms with Crippen LogP contribution in [-0.2, 0) is 61.9 Å². The molecule has 0 aromatic carbocycles. The van der Waals surface area contributed by atoms with E-state index in [9.17, 15) is 39.3 Å². The molecule has 38 heavy (non-hydrogen) atoms. The van der Waals surface area contributed by atoms with Gasteiger partial charge in [-0.15, -0.1) is 0 Å². The number of aliphatic hydroxyl groups excluding tert-OH is 3. The summed E-state index contributed by atoms with van der Waals surface area (Å²) in [7, 11) is 0. The Balaban J connectivity index is 2.27. The normalized spacial score (nSPS) is 34.9. The van der Waals surface area contributed by atoms with Crippen molar-refractivity contribution in [3.05, 3.63) is 0 Å². The monoisotopic (exact) mass is 552 g/mol. The fourth-order valence-corrected chi connectivity index (χ4v) is 3.91. The third-order valence-electron chi connectivity index (χ3n) is 5.34. The molecule has 216 valence electrons. The maximum atomic E-state index is 11.7. The number of aliphatic hydroxyl groups is 3. The van der Waals surface area contributed by atoms with E-state index in [2.05, 4.69) is 0 Å². The second-order valence-electron chi connectivity index (χ2n) is 8.52. The van der Waals surface area contributed by atoms with Crippen molar-refractivity contribution in [2.24, 2.45) is 0 Å². The Morgan fingerprint density at radius 2 is 1.00 bits per heavy atom. The quantitative estimate of drug-likeness (QED) is 0.198. The van der Waals surface area contributed by atoms with Crippen LogP contribution in [0.5, 0.6) is 0 Å². The summed E-state index contributed by atoms with van der Waals surface area (Å²) in [5.74, 6) is -4.05. The molecule has 0 aromatic rings. The molecule has 2 saturated heterocycles. The van der Waals surface area contributed by atoms with E-state index in [4.69, 9.17) is 37.9 Å². The van der Waals surface area contributed by atoms with Gasteiger partial charge in [-0.3, -0.25) is 24.0 Å². The minimum Gasteiger partial charge on any atom is -0.463 e. The Morgan fingerprint density at radius 3 is 1.47 bits per heavy atom. The lowest BCUT2D eigenvalue weighted by Crippen LogP contribution is -2.63. The van der Waals surface area contributed by atoms with Gasteiger partial charge in [-0.1, -0.05) is 0 Å². The molecule has 0 amide bonds. The van der Waals surface area contributed by atoms with Gasteiger partial charge in [0.2, 0.25) is 0 Å². The lowest BCUT2D eigenvalue weighted by Gasteiger charge is -2.44. The highest BCUT2D eigenvalue weighted by Crippen LogP contribution is 2.30. The van der Waals surface area contributed by atoms with Crippen LogP contribution in [0.15, 0.2) is 0 Å². The summed E-state index contributed by atoms with van der Waals surface area (Å²) >= 11 is 0. The Morgan fingerprint density at radius 1 is 0.579 bits per heavy atom. The summed E-state index contributed by atoms with van der Waals surface area (Å²) < 4.78 is 41.7. The van der Waals surface area contributed by atoms with Crippen molar-refractivity contribution in [1.29, 1.82) is 0 Å². The molecule has 0 bridgehead atoms. The zero-order chi connectivity index (χ0) is 28.7. The van der Waals surface area contributed by atoms with E-state index in [0.29, 0.717) is 0 Å². The van der Waals surface area contributed by atoms with Crippen LogP contribution in [0.1, 0.15) is 34.6 Å². The molecule has 6 unspecified atom stereocenters. The van der Waals surface area contributed by atoms with E-state index in [1.54, 1.807) is 0 Å².